The van der Waals surface area contributed by atoms with Gasteiger partial charge in [-0.3, -0.25) is 4.79 Å². The number of carbonyl (C=O) groups is 2. The van der Waals surface area contributed by atoms with Gasteiger partial charge in [0.25, 0.3) is 0 Å². The number of rotatable bonds is 25. The first-order chi connectivity index (χ1) is 21.8. The maximum absolute atomic E-state index is 12.2. The summed E-state index contributed by atoms with van der Waals surface area (Å²) in [6.45, 7) is 5.20. The Morgan fingerprint density at radius 1 is 0.644 bits per heavy atom. The predicted octanol–water partition coefficient (Wildman–Crippen LogP) is 1.64. The second-order valence-corrected chi connectivity index (χ2v) is 10.9. The van der Waals surface area contributed by atoms with Crippen LogP contribution in [-0.2, 0) is 38.5 Å². The maximum Gasteiger partial charge on any atom is 0.323 e. The maximum atomic E-state index is 12.2. The van der Waals surface area contributed by atoms with Crippen LogP contribution in [0.25, 0.3) is 0 Å². The van der Waals surface area contributed by atoms with Gasteiger partial charge in [-0.05, 0) is 61.4 Å². The van der Waals surface area contributed by atoms with Gasteiger partial charge in [0.2, 0.25) is 15.9 Å². The molecule has 15 nitrogen and oxygen atoms in total. The van der Waals surface area contributed by atoms with Crippen LogP contribution in [0.1, 0.15) is 19.3 Å². The SMILES string of the molecule is NCOCCOCCOCCOCCOCCC(=O)NCCCCOc1ccc(NC(=O)Nc2ccc(S(N)(=O)=O)cc2)cc1. The third kappa shape index (κ3) is 18.9. The van der Waals surface area contributed by atoms with Crippen molar-refractivity contribution >= 4 is 33.3 Å². The number of nitrogens with two attached hydrogens (primary N) is 2. The van der Waals surface area contributed by atoms with Crippen LogP contribution in [-0.4, -0.2) is 99.7 Å². The summed E-state index contributed by atoms with van der Waals surface area (Å²) in [5.41, 5.74) is 6.16. The normalized spacial score (nSPS) is 11.2. The Morgan fingerprint density at radius 3 is 1.64 bits per heavy atom. The molecule has 0 aliphatic rings. The molecular weight excluding hydrogens is 610 g/mol. The first kappa shape index (κ1) is 37.8. The van der Waals surface area contributed by atoms with Gasteiger partial charge in [-0.15, -0.1) is 0 Å². The molecule has 16 heteroatoms. The summed E-state index contributed by atoms with van der Waals surface area (Å²) in [7, 11) is -3.80. The number of carbonyl (C=O) groups excluding carboxylic acids is 2. The van der Waals surface area contributed by atoms with Gasteiger partial charge in [-0.2, -0.15) is 0 Å². The Bertz CT molecular complexity index is 1200. The lowest BCUT2D eigenvalue weighted by atomic mass is 10.3. The van der Waals surface area contributed by atoms with Gasteiger partial charge in [0, 0.05) is 24.3 Å². The molecule has 252 valence electrons. The fraction of sp³-hybridized carbons (Fsp3) is 0.517. The molecule has 0 spiro atoms. The minimum Gasteiger partial charge on any atom is -0.494 e. The summed E-state index contributed by atoms with van der Waals surface area (Å²) >= 11 is 0. The summed E-state index contributed by atoms with van der Waals surface area (Å²) in [5.74, 6) is 0.571. The molecule has 0 saturated carbocycles. The molecule has 2 aromatic rings. The summed E-state index contributed by atoms with van der Waals surface area (Å²) in [6, 6.07) is 11.9. The average Bonchev–Trinajstić information content (AvgIpc) is 3.01. The minimum absolute atomic E-state index is 0.0448. The lowest BCUT2D eigenvalue weighted by Gasteiger charge is -2.10. The van der Waals surface area contributed by atoms with E-state index in [2.05, 4.69) is 16.0 Å². The number of unbranched alkanes of at least 4 members (excludes halogenated alkanes) is 1. The van der Waals surface area contributed by atoms with Crippen LogP contribution < -0.4 is 31.6 Å². The van der Waals surface area contributed by atoms with Gasteiger partial charge in [0.05, 0.1) is 77.7 Å². The largest absolute Gasteiger partial charge is 0.494 e. The molecule has 2 aromatic carbocycles. The molecule has 0 saturated heterocycles. The Kier molecular flexibility index (Phi) is 19.4. The van der Waals surface area contributed by atoms with Gasteiger partial charge in [0.1, 0.15) is 5.75 Å². The van der Waals surface area contributed by atoms with Crippen LogP contribution in [0.2, 0.25) is 0 Å². The number of primary sulfonamides is 1. The van der Waals surface area contributed by atoms with E-state index in [4.69, 9.17) is 39.3 Å². The van der Waals surface area contributed by atoms with Crippen molar-refractivity contribution in [1.82, 2.24) is 5.32 Å². The van der Waals surface area contributed by atoms with Crippen LogP contribution >= 0.6 is 0 Å². The monoisotopic (exact) mass is 655 g/mol. The Labute approximate surface area is 264 Å². The number of sulfonamides is 1. The second kappa shape index (κ2) is 23.1. The van der Waals surface area contributed by atoms with Crippen molar-refractivity contribution in [2.75, 3.05) is 90.0 Å². The molecule has 0 fully saturated rings. The molecule has 0 aromatic heterocycles. The van der Waals surface area contributed by atoms with E-state index in [1.165, 1.54) is 24.3 Å². The topological polar surface area (TPSA) is 212 Å². The molecule has 0 bridgehead atoms. The first-order valence-electron chi connectivity index (χ1n) is 14.6. The third-order valence-corrected chi connectivity index (χ3v) is 6.72. The van der Waals surface area contributed by atoms with Crippen LogP contribution in [0, 0.1) is 0 Å². The standard InChI is InChI=1S/C29H45N5O10S/c30-23-43-22-21-42-20-19-41-18-17-40-16-15-39-14-11-28(35)32-12-1-2-13-44-26-7-3-24(4-8-26)33-29(36)34-25-5-9-27(10-6-25)45(31,37)38/h3-10H,1-2,11-23,30H2,(H,32,35)(H2,31,37,38)(H2,33,34,36). The van der Waals surface area contributed by atoms with E-state index in [0.29, 0.717) is 89.7 Å². The molecule has 2 rings (SSSR count). The van der Waals surface area contributed by atoms with Gasteiger partial charge in [0.15, 0.2) is 0 Å². The summed E-state index contributed by atoms with van der Waals surface area (Å²) in [6.07, 6.45) is 1.79. The number of ether oxygens (including phenoxy) is 6. The van der Waals surface area contributed by atoms with E-state index >= 15 is 0 Å². The number of hydrogen-bond donors (Lipinski definition) is 5. The van der Waals surface area contributed by atoms with Crippen molar-refractivity contribution in [2.45, 2.75) is 24.2 Å². The van der Waals surface area contributed by atoms with E-state index < -0.39 is 16.1 Å². The molecular formula is C29H45N5O10S. The zero-order valence-electron chi connectivity index (χ0n) is 25.4. The van der Waals surface area contributed by atoms with Gasteiger partial charge >= 0.3 is 6.03 Å². The number of anilines is 2. The number of nitrogens with one attached hydrogen (secondary N) is 3. The molecule has 45 heavy (non-hydrogen) atoms. The van der Waals surface area contributed by atoms with Gasteiger partial charge < -0.3 is 50.1 Å². The summed E-state index contributed by atoms with van der Waals surface area (Å²) < 4.78 is 54.8. The van der Waals surface area contributed by atoms with Crippen molar-refractivity contribution < 1.29 is 46.4 Å². The molecule has 0 radical (unpaired) electrons. The summed E-state index contributed by atoms with van der Waals surface area (Å²) in [5, 5.41) is 13.2. The molecule has 0 atom stereocenters. The Hall–Kier alpha value is -3.35. The van der Waals surface area contributed by atoms with Crippen LogP contribution in [0.4, 0.5) is 16.2 Å². The van der Waals surface area contributed by atoms with Crippen LogP contribution in [0.5, 0.6) is 5.75 Å². The van der Waals surface area contributed by atoms with Gasteiger partial charge in [-0.25, -0.2) is 18.4 Å². The highest BCUT2D eigenvalue weighted by Crippen LogP contribution is 2.17. The van der Waals surface area contributed by atoms with E-state index in [1.807, 2.05) is 0 Å². The molecule has 0 aliphatic carbocycles. The van der Waals surface area contributed by atoms with Crippen LogP contribution in [0.3, 0.4) is 0 Å². The first-order valence-corrected chi connectivity index (χ1v) is 16.1. The van der Waals surface area contributed by atoms with Crippen molar-refractivity contribution in [1.29, 1.82) is 0 Å². The number of amides is 3. The smallest absolute Gasteiger partial charge is 0.323 e. The summed E-state index contributed by atoms with van der Waals surface area (Å²) in [4.78, 5) is 24.1. The predicted molar refractivity (Wildman–Crippen MR) is 168 cm³/mol. The van der Waals surface area contributed by atoms with E-state index in [1.54, 1.807) is 24.3 Å². The highest BCUT2D eigenvalue weighted by atomic mass is 32.2. The zero-order chi connectivity index (χ0) is 32.6. The number of benzene rings is 2. The fourth-order valence-electron chi connectivity index (χ4n) is 3.52. The second-order valence-electron chi connectivity index (χ2n) is 9.35. The quantitative estimate of drug-likeness (QED) is 0.0766. The molecule has 0 aliphatic heterocycles. The average molecular weight is 656 g/mol. The van der Waals surface area contributed by atoms with Crippen molar-refractivity contribution in [3.8, 4) is 5.75 Å². The number of urea groups is 1. The van der Waals surface area contributed by atoms with Gasteiger partial charge in [-0.1, -0.05) is 0 Å². The fourth-order valence-corrected chi connectivity index (χ4v) is 4.03. The van der Waals surface area contributed by atoms with E-state index in [9.17, 15) is 18.0 Å². The van der Waals surface area contributed by atoms with Crippen LogP contribution in [0.15, 0.2) is 53.4 Å². The zero-order valence-corrected chi connectivity index (χ0v) is 26.2. The Balaban J connectivity index is 1.41. The minimum atomic E-state index is -3.80. The van der Waals surface area contributed by atoms with Crippen molar-refractivity contribution in [3.05, 3.63) is 48.5 Å². The third-order valence-electron chi connectivity index (χ3n) is 5.79. The van der Waals surface area contributed by atoms with Crippen molar-refractivity contribution in [3.63, 3.8) is 0 Å². The highest BCUT2D eigenvalue weighted by Gasteiger charge is 2.08. The molecule has 3 amide bonds. The Morgan fingerprint density at radius 2 is 1.13 bits per heavy atom. The number of hydrogen-bond acceptors (Lipinski definition) is 11. The highest BCUT2D eigenvalue weighted by molar-refractivity contribution is 7.89. The molecule has 7 N–H and O–H groups in total. The van der Waals surface area contributed by atoms with E-state index in [-0.39, 0.29) is 24.0 Å². The van der Waals surface area contributed by atoms with E-state index in [0.717, 1.165) is 12.8 Å². The van der Waals surface area contributed by atoms with Crippen molar-refractivity contribution in [2.24, 2.45) is 10.9 Å². The lowest BCUT2D eigenvalue weighted by Crippen LogP contribution is -2.26. The lowest BCUT2D eigenvalue weighted by molar-refractivity contribution is -0.122. The molecule has 0 unspecified atom stereocenters. The molecule has 0 heterocycles.